The van der Waals surface area contributed by atoms with Gasteiger partial charge in [0, 0.05) is 19.7 Å². The quantitative estimate of drug-likeness (QED) is 0.669. The molecule has 0 aliphatic carbocycles. The maximum atomic E-state index is 12.3. The summed E-state index contributed by atoms with van der Waals surface area (Å²) in [6.07, 6.45) is 2.05. The van der Waals surface area contributed by atoms with Gasteiger partial charge in [0.25, 0.3) is 0 Å². The van der Waals surface area contributed by atoms with Crippen molar-refractivity contribution in [2.75, 3.05) is 19.7 Å². The summed E-state index contributed by atoms with van der Waals surface area (Å²) in [5, 5.41) is 1.05. The molecule has 2 rings (SSSR count). The van der Waals surface area contributed by atoms with E-state index in [0.29, 0.717) is 42.6 Å². The Kier molecular flexibility index (Phi) is 6.63. The van der Waals surface area contributed by atoms with Crippen molar-refractivity contribution in [1.29, 1.82) is 0 Å². The summed E-state index contributed by atoms with van der Waals surface area (Å²) in [5.41, 5.74) is 0.0794. The molecule has 140 valence electrons. The van der Waals surface area contributed by atoms with Crippen LogP contribution in [-0.2, 0) is 15.1 Å². The van der Waals surface area contributed by atoms with Gasteiger partial charge in [-0.2, -0.15) is 0 Å². The first kappa shape index (κ1) is 20.3. The maximum Gasteiger partial charge on any atom is 0.410 e. The van der Waals surface area contributed by atoms with Gasteiger partial charge in [-0.15, -0.1) is 0 Å². The second-order valence-corrected chi connectivity index (χ2v) is 8.25. The molecule has 4 nitrogen and oxygen atoms in total. The average molecular weight is 388 g/mol. The molecule has 0 unspecified atom stereocenters. The highest BCUT2D eigenvalue weighted by Gasteiger charge is 2.39. The van der Waals surface area contributed by atoms with Crippen LogP contribution in [0.25, 0.3) is 0 Å². The van der Waals surface area contributed by atoms with Crippen LogP contribution in [0.2, 0.25) is 10.0 Å². The van der Waals surface area contributed by atoms with Gasteiger partial charge in [-0.05, 0) is 57.7 Å². The molecule has 1 aliphatic heterocycles. The highest BCUT2D eigenvalue weighted by molar-refractivity contribution is 6.42. The number of benzene rings is 1. The van der Waals surface area contributed by atoms with Gasteiger partial charge >= 0.3 is 6.09 Å². The minimum atomic E-state index is -0.492. The van der Waals surface area contributed by atoms with Crippen molar-refractivity contribution in [3.8, 4) is 0 Å². The molecule has 1 amide bonds. The lowest BCUT2D eigenvalue weighted by atomic mass is 9.84. The fourth-order valence-corrected chi connectivity index (χ4v) is 3.27. The van der Waals surface area contributed by atoms with Crippen molar-refractivity contribution in [3.05, 3.63) is 33.8 Å². The van der Waals surface area contributed by atoms with Crippen LogP contribution in [-0.4, -0.2) is 36.3 Å². The molecule has 1 heterocycles. The lowest BCUT2D eigenvalue weighted by Crippen LogP contribution is -2.48. The standard InChI is InChI=1S/C19H27Cl2NO3/c1-5-12-24-19(14-6-7-15(20)16(21)13-14)8-10-22(11-9-19)17(23)25-18(2,3)4/h6-7,13H,5,8-12H2,1-4H3. The molecule has 1 saturated heterocycles. The van der Waals surface area contributed by atoms with Gasteiger partial charge in [0.1, 0.15) is 5.60 Å². The van der Waals surface area contributed by atoms with Gasteiger partial charge in [-0.1, -0.05) is 36.2 Å². The summed E-state index contributed by atoms with van der Waals surface area (Å²) in [4.78, 5) is 14.0. The average Bonchev–Trinajstić information content (AvgIpc) is 2.54. The molecule has 6 heteroatoms. The van der Waals surface area contributed by atoms with Crippen LogP contribution in [0.1, 0.15) is 52.5 Å². The molecule has 0 radical (unpaired) electrons. The second kappa shape index (κ2) is 8.15. The van der Waals surface area contributed by atoms with Crippen molar-refractivity contribution in [1.82, 2.24) is 4.90 Å². The van der Waals surface area contributed by atoms with Gasteiger partial charge in [-0.3, -0.25) is 0 Å². The molecule has 0 N–H and O–H groups in total. The highest BCUT2D eigenvalue weighted by Crippen LogP contribution is 2.39. The third-order valence-electron chi connectivity index (χ3n) is 4.25. The van der Waals surface area contributed by atoms with Crippen LogP contribution in [0.4, 0.5) is 4.79 Å². The van der Waals surface area contributed by atoms with Gasteiger partial charge in [0.2, 0.25) is 0 Å². The fourth-order valence-electron chi connectivity index (χ4n) is 2.97. The number of nitrogens with zero attached hydrogens (tertiary/aromatic N) is 1. The third-order valence-corrected chi connectivity index (χ3v) is 4.99. The molecule has 0 atom stereocenters. The molecular weight excluding hydrogens is 361 g/mol. The van der Waals surface area contributed by atoms with E-state index in [-0.39, 0.29) is 6.09 Å². The first-order valence-corrected chi connectivity index (χ1v) is 9.50. The number of likely N-dealkylation sites (tertiary alicyclic amines) is 1. The Morgan fingerprint density at radius 2 is 1.84 bits per heavy atom. The Morgan fingerprint density at radius 3 is 2.36 bits per heavy atom. The number of carbonyl (C=O) groups excluding carboxylic acids is 1. The molecule has 1 aliphatic rings. The zero-order chi connectivity index (χ0) is 18.7. The number of piperidine rings is 1. The summed E-state index contributed by atoms with van der Waals surface area (Å²) < 4.78 is 11.7. The van der Waals surface area contributed by atoms with E-state index in [1.165, 1.54) is 0 Å². The molecule has 1 aromatic rings. The van der Waals surface area contributed by atoms with Crippen LogP contribution in [0.15, 0.2) is 18.2 Å². The minimum Gasteiger partial charge on any atom is -0.444 e. The smallest absolute Gasteiger partial charge is 0.410 e. The summed E-state index contributed by atoms with van der Waals surface area (Å²) in [7, 11) is 0. The Balaban J connectivity index is 2.15. The van der Waals surface area contributed by atoms with Crippen LogP contribution in [0.5, 0.6) is 0 Å². The predicted molar refractivity (Wildman–Crippen MR) is 101 cm³/mol. The van der Waals surface area contributed by atoms with Crippen molar-refractivity contribution in [2.45, 2.75) is 58.2 Å². The molecule has 0 spiro atoms. The van der Waals surface area contributed by atoms with Crippen molar-refractivity contribution >= 4 is 29.3 Å². The third kappa shape index (κ3) is 5.25. The molecule has 0 aromatic heterocycles. The van der Waals surface area contributed by atoms with E-state index in [9.17, 15) is 4.79 Å². The Labute approximate surface area is 160 Å². The molecule has 1 aromatic carbocycles. The van der Waals surface area contributed by atoms with E-state index in [1.807, 2.05) is 32.9 Å². The van der Waals surface area contributed by atoms with Crippen LogP contribution >= 0.6 is 23.2 Å². The van der Waals surface area contributed by atoms with E-state index >= 15 is 0 Å². The second-order valence-electron chi connectivity index (χ2n) is 7.44. The highest BCUT2D eigenvalue weighted by atomic mass is 35.5. The van der Waals surface area contributed by atoms with Crippen molar-refractivity contribution in [3.63, 3.8) is 0 Å². The predicted octanol–water partition coefficient (Wildman–Crippen LogP) is 5.65. The molecular formula is C19H27Cl2NO3. The van der Waals surface area contributed by atoms with E-state index < -0.39 is 11.2 Å². The first-order valence-electron chi connectivity index (χ1n) is 8.74. The van der Waals surface area contributed by atoms with E-state index in [2.05, 4.69) is 6.92 Å². The van der Waals surface area contributed by atoms with E-state index in [0.717, 1.165) is 12.0 Å². The number of rotatable bonds is 4. The summed E-state index contributed by atoms with van der Waals surface area (Å²) >= 11 is 12.3. The zero-order valence-corrected chi connectivity index (χ0v) is 16.9. The summed E-state index contributed by atoms with van der Waals surface area (Å²) in [5.74, 6) is 0. The van der Waals surface area contributed by atoms with E-state index in [1.54, 1.807) is 11.0 Å². The number of halogens is 2. The van der Waals surface area contributed by atoms with E-state index in [4.69, 9.17) is 32.7 Å². The van der Waals surface area contributed by atoms with Crippen molar-refractivity contribution < 1.29 is 14.3 Å². The van der Waals surface area contributed by atoms with Gasteiger partial charge in [0.15, 0.2) is 0 Å². The Bertz CT molecular complexity index is 605. The van der Waals surface area contributed by atoms with Gasteiger partial charge in [0.05, 0.1) is 15.6 Å². The summed E-state index contributed by atoms with van der Waals surface area (Å²) in [6, 6.07) is 5.65. The lowest BCUT2D eigenvalue weighted by Gasteiger charge is -2.42. The fraction of sp³-hybridized carbons (Fsp3) is 0.632. The largest absolute Gasteiger partial charge is 0.444 e. The number of ether oxygens (including phenoxy) is 2. The Hall–Kier alpha value is -0.970. The number of amides is 1. The minimum absolute atomic E-state index is 0.272. The van der Waals surface area contributed by atoms with Crippen LogP contribution in [0.3, 0.4) is 0 Å². The molecule has 0 saturated carbocycles. The first-order chi connectivity index (χ1) is 11.7. The maximum absolute atomic E-state index is 12.3. The summed E-state index contributed by atoms with van der Waals surface area (Å²) in [6.45, 7) is 9.53. The normalized spacial score (nSPS) is 17.4. The van der Waals surface area contributed by atoms with Gasteiger partial charge < -0.3 is 14.4 Å². The zero-order valence-electron chi connectivity index (χ0n) is 15.4. The van der Waals surface area contributed by atoms with Gasteiger partial charge in [-0.25, -0.2) is 4.79 Å². The molecule has 1 fully saturated rings. The van der Waals surface area contributed by atoms with Crippen LogP contribution in [0, 0.1) is 0 Å². The number of hydrogen-bond donors (Lipinski definition) is 0. The van der Waals surface area contributed by atoms with Crippen molar-refractivity contribution in [2.24, 2.45) is 0 Å². The molecule has 25 heavy (non-hydrogen) atoms. The molecule has 0 bridgehead atoms. The lowest BCUT2D eigenvalue weighted by molar-refractivity contribution is -0.0899. The Morgan fingerprint density at radius 1 is 1.20 bits per heavy atom. The number of hydrogen-bond acceptors (Lipinski definition) is 3. The topological polar surface area (TPSA) is 38.8 Å². The SMILES string of the molecule is CCCOC1(c2ccc(Cl)c(Cl)c2)CCN(C(=O)OC(C)(C)C)CC1. The monoisotopic (exact) mass is 387 g/mol. The van der Waals surface area contributed by atoms with Crippen LogP contribution < -0.4 is 0 Å². The number of carbonyl (C=O) groups is 1.